The SMILES string of the molecule is CCOc1ncccc1CNC(=O)[C@@H]1CCCN(S(=O)(=O)c2ccc(C)s2)C1. The Morgan fingerprint density at radius 2 is 2.21 bits per heavy atom. The Kier molecular flexibility index (Phi) is 6.69. The van der Waals surface area contributed by atoms with Gasteiger partial charge in [0, 0.05) is 36.3 Å². The van der Waals surface area contributed by atoms with Crippen molar-refractivity contribution in [2.24, 2.45) is 5.92 Å². The van der Waals surface area contributed by atoms with Gasteiger partial charge in [-0.3, -0.25) is 4.79 Å². The molecule has 7 nitrogen and oxygen atoms in total. The number of nitrogens with zero attached hydrogens (tertiary/aromatic N) is 2. The fraction of sp³-hybridized carbons (Fsp3) is 0.474. The lowest BCUT2D eigenvalue weighted by Crippen LogP contribution is -2.45. The molecular formula is C19H25N3O4S2. The van der Waals surface area contributed by atoms with Gasteiger partial charge in [-0.25, -0.2) is 13.4 Å². The number of thiophene rings is 1. The molecule has 1 N–H and O–H groups in total. The van der Waals surface area contributed by atoms with Crippen molar-refractivity contribution in [1.82, 2.24) is 14.6 Å². The highest BCUT2D eigenvalue weighted by Gasteiger charge is 2.34. The number of hydrogen-bond donors (Lipinski definition) is 1. The highest BCUT2D eigenvalue weighted by Crippen LogP contribution is 2.28. The first-order valence-corrected chi connectivity index (χ1v) is 11.6. The van der Waals surface area contributed by atoms with Crippen LogP contribution in [0.5, 0.6) is 5.88 Å². The third kappa shape index (κ3) is 4.71. The predicted molar refractivity (Wildman–Crippen MR) is 108 cm³/mol. The molecule has 0 saturated carbocycles. The van der Waals surface area contributed by atoms with E-state index in [2.05, 4.69) is 10.3 Å². The molecule has 0 bridgehead atoms. The monoisotopic (exact) mass is 423 g/mol. The van der Waals surface area contributed by atoms with E-state index >= 15 is 0 Å². The summed E-state index contributed by atoms with van der Waals surface area (Å²) in [6.07, 6.45) is 2.98. The fourth-order valence-electron chi connectivity index (χ4n) is 3.20. The topological polar surface area (TPSA) is 88.6 Å². The molecule has 9 heteroatoms. The number of ether oxygens (including phenoxy) is 1. The van der Waals surface area contributed by atoms with Gasteiger partial charge in [-0.05, 0) is 44.9 Å². The van der Waals surface area contributed by atoms with Gasteiger partial charge in [-0.1, -0.05) is 6.07 Å². The summed E-state index contributed by atoms with van der Waals surface area (Å²) >= 11 is 1.26. The van der Waals surface area contributed by atoms with Crippen LogP contribution < -0.4 is 10.1 Å². The van der Waals surface area contributed by atoms with E-state index < -0.39 is 10.0 Å². The average molecular weight is 424 g/mol. The van der Waals surface area contributed by atoms with Crippen molar-refractivity contribution in [1.29, 1.82) is 0 Å². The van der Waals surface area contributed by atoms with Crippen LogP contribution in [0, 0.1) is 12.8 Å². The third-order valence-corrected chi connectivity index (χ3v) is 7.98. The second kappa shape index (κ2) is 9.02. The number of pyridine rings is 1. The Hall–Kier alpha value is -1.97. The van der Waals surface area contributed by atoms with Gasteiger partial charge >= 0.3 is 0 Å². The van der Waals surface area contributed by atoms with Crippen LogP contribution in [0.2, 0.25) is 0 Å². The number of carbonyl (C=O) groups is 1. The van der Waals surface area contributed by atoms with E-state index in [1.165, 1.54) is 15.6 Å². The summed E-state index contributed by atoms with van der Waals surface area (Å²) < 4.78 is 32.9. The molecule has 152 valence electrons. The Morgan fingerprint density at radius 1 is 1.39 bits per heavy atom. The predicted octanol–water partition coefficient (Wildman–Crippen LogP) is 2.57. The molecule has 1 saturated heterocycles. The molecule has 1 atom stereocenters. The summed E-state index contributed by atoms with van der Waals surface area (Å²) in [5.41, 5.74) is 0.798. The molecule has 3 rings (SSSR count). The molecule has 1 aliphatic rings. The smallest absolute Gasteiger partial charge is 0.252 e. The number of rotatable bonds is 7. The number of piperidine rings is 1. The summed E-state index contributed by atoms with van der Waals surface area (Å²) in [5, 5.41) is 2.91. The second-order valence-electron chi connectivity index (χ2n) is 6.69. The summed E-state index contributed by atoms with van der Waals surface area (Å²) in [4.78, 5) is 17.8. The van der Waals surface area contributed by atoms with Crippen LogP contribution in [-0.4, -0.2) is 43.3 Å². The highest BCUT2D eigenvalue weighted by atomic mass is 32.2. The quantitative estimate of drug-likeness (QED) is 0.739. The maximum atomic E-state index is 12.8. The van der Waals surface area contributed by atoms with E-state index in [9.17, 15) is 13.2 Å². The van der Waals surface area contributed by atoms with Crippen LogP contribution >= 0.6 is 11.3 Å². The number of sulfonamides is 1. The van der Waals surface area contributed by atoms with E-state index in [0.717, 1.165) is 10.4 Å². The minimum Gasteiger partial charge on any atom is -0.478 e. The number of nitrogens with one attached hydrogen (secondary N) is 1. The van der Waals surface area contributed by atoms with Gasteiger partial charge < -0.3 is 10.1 Å². The molecule has 28 heavy (non-hydrogen) atoms. The van der Waals surface area contributed by atoms with Gasteiger partial charge in [-0.15, -0.1) is 11.3 Å². The van der Waals surface area contributed by atoms with Crippen molar-refractivity contribution in [2.75, 3.05) is 19.7 Å². The van der Waals surface area contributed by atoms with Gasteiger partial charge in [0.25, 0.3) is 10.0 Å². The van der Waals surface area contributed by atoms with E-state index in [4.69, 9.17) is 4.74 Å². The molecule has 1 fully saturated rings. The Morgan fingerprint density at radius 3 is 2.93 bits per heavy atom. The van der Waals surface area contributed by atoms with Crippen LogP contribution in [0.1, 0.15) is 30.2 Å². The molecule has 1 aliphatic heterocycles. The van der Waals surface area contributed by atoms with E-state index in [1.54, 1.807) is 24.4 Å². The number of hydrogen-bond acceptors (Lipinski definition) is 6. The molecule has 0 radical (unpaired) electrons. The van der Waals surface area contributed by atoms with Crippen molar-refractivity contribution in [3.8, 4) is 5.88 Å². The minimum atomic E-state index is -3.55. The molecule has 0 spiro atoms. The maximum absolute atomic E-state index is 12.8. The summed E-state index contributed by atoms with van der Waals surface area (Å²) in [7, 11) is -3.55. The molecule has 2 aromatic heterocycles. The molecule has 0 aliphatic carbocycles. The number of amides is 1. The zero-order chi connectivity index (χ0) is 20.1. The largest absolute Gasteiger partial charge is 0.478 e. The molecule has 0 unspecified atom stereocenters. The van der Waals surface area contributed by atoms with Crippen LogP contribution in [0.25, 0.3) is 0 Å². The first-order valence-electron chi connectivity index (χ1n) is 9.32. The van der Waals surface area contributed by atoms with E-state index in [0.29, 0.717) is 42.6 Å². The first-order chi connectivity index (χ1) is 13.4. The summed E-state index contributed by atoms with van der Waals surface area (Å²) in [6.45, 7) is 5.20. The lowest BCUT2D eigenvalue weighted by Gasteiger charge is -2.30. The van der Waals surface area contributed by atoms with Gasteiger partial charge in [0.2, 0.25) is 11.8 Å². The molecule has 3 heterocycles. The standard InChI is InChI=1S/C19H25N3O4S2/c1-3-26-19-15(6-4-10-20-19)12-21-18(23)16-7-5-11-22(13-16)28(24,25)17-9-8-14(2)27-17/h4,6,8-10,16H,3,5,7,11-13H2,1-2H3,(H,21,23)/t16-/m1/s1. The van der Waals surface area contributed by atoms with E-state index in [-0.39, 0.29) is 18.4 Å². The maximum Gasteiger partial charge on any atom is 0.252 e. The summed E-state index contributed by atoms with van der Waals surface area (Å²) in [5.74, 6) is -0.00317. The second-order valence-corrected chi connectivity index (χ2v) is 10.1. The Bertz CT molecular complexity index is 927. The lowest BCUT2D eigenvalue weighted by molar-refractivity contribution is -0.126. The first kappa shape index (κ1) is 20.8. The molecule has 0 aromatic carbocycles. The van der Waals surface area contributed by atoms with Gasteiger partial charge in [0.1, 0.15) is 4.21 Å². The van der Waals surface area contributed by atoms with Crippen molar-refractivity contribution >= 4 is 27.3 Å². The number of aryl methyl sites for hydroxylation is 1. The van der Waals surface area contributed by atoms with Crippen molar-refractivity contribution in [3.63, 3.8) is 0 Å². The zero-order valence-corrected chi connectivity index (χ0v) is 17.7. The molecule has 2 aromatic rings. The van der Waals surface area contributed by atoms with Crippen LogP contribution in [0.4, 0.5) is 0 Å². The Labute approximate surface area is 169 Å². The number of aromatic nitrogens is 1. The van der Waals surface area contributed by atoms with Crippen molar-refractivity contribution < 1.29 is 17.9 Å². The Balaban J connectivity index is 1.63. The van der Waals surface area contributed by atoms with E-state index in [1.807, 2.05) is 19.9 Å². The van der Waals surface area contributed by atoms with Gasteiger partial charge in [0.05, 0.1) is 12.5 Å². The average Bonchev–Trinajstić information content (AvgIpc) is 3.14. The van der Waals surface area contributed by atoms with Crippen molar-refractivity contribution in [2.45, 2.75) is 37.4 Å². The minimum absolute atomic E-state index is 0.145. The zero-order valence-electron chi connectivity index (χ0n) is 16.1. The van der Waals surface area contributed by atoms with Crippen LogP contribution in [0.3, 0.4) is 0 Å². The lowest BCUT2D eigenvalue weighted by atomic mass is 9.99. The van der Waals surface area contributed by atoms with Crippen LogP contribution in [0.15, 0.2) is 34.7 Å². The highest BCUT2D eigenvalue weighted by molar-refractivity contribution is 7.91. The van der Waals surface area contributed by atoms with Crippen LogP contribution in [-0.2, 0) is 21.4 Å². The van der Waals surface area contributed by atoms with Gasteiger partial charge in [0.15, 0.2) is 0 Å². The molecule has 1 amide bonds. The molecular weight excluding hydrogens is 398 g/mol. The third-order valence-electron chi connectivity index (χ3n) is 4.65. The fourth-order valence-corrected chi connectivity index (χ4v) is 6.17. The van der Waals surface area contributed by atoms with Crippen molar-refractivity contribution in [3.05, 3.63) is 40.9 Å². The summed E-state index contributed by atoms with van der Waals surface area (Å²) in [6, 6.07) is 7.09. The van der Waals surface area contributed by atoms with Gasteiger partial charge in [-0.2, -0.15) is 4.31 Å². The normalized spacial score (nSPS) is 18.0. The number of carbonyl (C=O) groups excluding carboxylic acids is 1.